The Bertz CT molecular complexity index is 370. The largest absolute Gasteiger partial charge is 0.469 e. The zero-order valence-electron chi connectivity index (χ0n) is 12.1. The van der Waals surface area contributed by atoms with Crippen LogP contribution in [0.3, 0.4) is 0 Å². The van der Waals surface area contributed by atoms with Crippen LogP contribution >= 0.6 is 0 Å². The number of hydrogen-bond donors (Lipinski definition) is 0. The Morgan fingerprint density at radius 1 is 1.17 bits per heavy atom. The van der Waals surface area contributed by atoms with Crippen molar-refractivity contribution >= 4 is 5.97 Å². The second kappa shape index (κ2) is 10.7. The minimum Gasteiger partial charge on any atom is -0.469 e. The standard InChI is InChI=1S/C16H24O2/c1-5-6-10-15(13-14(2)3)11-8-7-9-12-16(17)18-4/h5-7,9-10,12H2,1-4H3. The maximum Gasteiger partial charge on any atom is 0.305 e. The Labute approximate surface area is 111 Å². The van der Waals surface area contributed by atoms with Crippen LogP contribution in [0.4, 0.5) is 0 Å². The Morgan fingerprint density at radius 3 is 2.44 bits per heavy atom. The van der Waals surface area contributed by atoms with Crippen LogP contribution in [-0.2, 0) is 9.53 Å². The number of hydrogen-bond acceptors (Lipinski definition) is 2. The fourth-order valence-corrected chi connectivity index (χ4v) is 1.40. The highest BCUT2D eigenvalue weighted by Gasteiger charge is 1.97. The molecule has 0 N–H and O–H groups in total. The van der Waals surface area contributed by atoms with E-state index in [1.807, 2.05) is 13.8 Å². The fraction of sp³-hybridized carbons (Fsp3) is 0.625. The summed E-state index contributed by atoms with van der Waals surface area (Å²) in [5.41, 5.74) is 5.53. The molecule has 0 aliphatic carbocycles. The lowest BCUT2D eigenvalue weighted by Gasteiger charge is -1.96. The SMILES string of the molecule is CCCCC(=C=C(C)C)C#CCCCC(=O)OC. The van der Waals surface area contributed by atoms with Crippen LogP contribution in [0.25, 0.3) is 0 Å². The van der Waals surface area contributed by atoms with E-state index in [1.165, 1.54) is 7.11 Å². The maximum absolute atomic E-state index is 10.9. The first kappa shape index (κ1) is 16.6. The highest BCUT2D eigenvalue weighted by atomic mass is 16.5. The molecule has 0 atom stereocenters. The lowest BCUT2D eigenvalue weighted by Crippen LogP contribution is -1.98. The van der Waals surface area contributed by atoms with E-state index in [2.05, 4.69) is 29.2 Å². The van der Waals surface area contributed by atoms with Crippen molar-refractivity contribution in [3.8, 4) is 11.8 Å². The molecule has 0 aliphatic heterocycles. The van der Waals surface area contributed by atoms with Crippen LogP contribution in [0.2, 0.25) is 0 Å². The summed E-state index contributed by atoms with van der Waals surface area (Å²) in [6, 6.07) is 0. The van der Waals surface area contributed by atoms with Gasteiger partial charge in [-0.1, -0.05) is 25.2 Å². The van der Waals surface area contributed by atoms with E-state index in [1.54, 1.807) is 0 Å². The number of carbonyl (C=O) groups is 1. The van der Waals surface area contributed by atoms with Gasteiger partial charge in [0.1, 0.15) is 0 Å². The van der Waals surface area contributed by atoms with Crippen LogP contribution in [0, 0.1) is 11.8 Å². The van der Waals surface area contributed by atoms with E-state index in [0.717, 1.165) is 43.3 Å². The molecule has 0 amide bonds. The molecule has 0 bridgehead atoms. The van der Waals surface area contributed by atoms with E-state index in [4.69, 9.17) is 0 Å². The number of esters is 1. The van der Waals surface area contributed by atoms with Gasteiger partial charge >= 0.3 is 5.97 Å². The summed E-state index contributed by atoms with van der Waals surface area (Å²) in [4.78, 5) is 10.9. The lowest BCUT2D eigenvalue weighted by atomic mass is 10.1. The van der Waals surface area contributed by atoms with Crippen molar-refractivity contribution in [3.63, 3.8) is 0 Å². The van der Waals surface area contributed by atoms with E-state index in [0.29, 0.717) is 6.42 Å². The highest BCUT2D eigenvalue weighted by Crippen LogP contribution is 2.06. The summed E-state index contributed by atoms with van der Waals surface area (Å²) in [6.45, 7) is 6.24. The van der Waals surface area contributed by atoms with E-state index < -0.39 is 0 Å². The van der Waals surface area contributed by atoms with Gasteiger partial charge in [-0.05, 0) is 38.7 Å². The van der Waals surface area contributed by atoms with Crippen molar-refractivity contribution in [2.75, 3.05) is 7.11 Å². The summed E-state index contributed by atoms with van der Waals surface area (Å²) in [6.07, 6.45) is 5.24. The average Bonchev–Trinajstić information content (AvgIpc) is 2.34. The van der Waals surface area contributed by atoms with Gasteiger partial charge in [0.05, 0.1) is 7.11 Å². The summed E-state index contributed by atoms with van der Waals surface area (Å²) < 4.78 is 4.58. The molecule has 0 heterocycles. The molecule has 0 unspecified atom stereocenters. The highest BCUT2D eigenvalue weighted by molar-refractivity contribution is 5.69. The Balaban J connectivity index is 4.26. The van der Waals surface area contributed by atoms with Crippen LogP contribution in [0.5, 0.6) is 0 Å². The molecule has 0 radical (unpaired) electrons. The first-order valence-electron chi connectivity index (χ1n) is 6.58. The van der Waals surface area contributed by atoms with E-state index in [-0.39, 0.29) is 5.97 Å². The van der Waals surface area contributed by atoms with Crippen molar-refractivity contribution in [2.45, 2.75) is 59.3 Å². The van der Waals surface area contributed by atoms with E-state index in [9.17, 15) is 4.79 Å². The summed E-state index contributed by atoms with van der Waals surface area (Å²) >= 11 is 0. The van der Waals surface area contributed by atoms with Crippen molar-refractivity contribution in [1.29, 1.82) is 0 Å². The molecular weight excluding hydrogens is 224 g/mol. The predicted molar refractivity (Wildman–Crippen MR) is 75.1 cm³/mol. The third kappa shape index (κ3) is 9.75. The Morgan fingerprint density at radius 2 is 1.89 bits per heavy atom. The second-order valence-corrected chi connectivity index (χ2v) is 4.44. The predicted octanol–water partition coefficient (Wildman–Crippen LogP) is 4.01. The summed E-state index contributed by atoms with van der Waals surface area (Å²) in [5.74, 6) is 6.10. The van der Waals surface area contributed by atoms with Crippen molar-refractivity contribution in [3.05, 3.63) is 16.9 Å². The van der Waals surface area contributed by atoms with Crippen LogP contribution in [0.1, 0.15) is 59.3 Å². The normalized spacial score (nSPS) is 8.89. The molecule has 0 rings (SSSR count). The molecular formula is C16H24O2. The number of rotatable bonds is 6. The second-order valence-electron chi connectivity index (χ2n) is 4.44. The van der Waals surface area contributed by atoms with Crippen molar-refractivity contribution < 1.29 is 9.53 Å². The summed E-state index contributed by atoms with van der Waals surface area (Å²) in [7, 11) is 1.41. The Kier molecular flexibility index (Phi) is 9.83. The first-order valence-corrected chi connectivity index (χ1v) is 6.58. The third-order valence-electron chi connectivity index (χ3n) is 2.33. The molecule has 100 valence electrons. The van der Waals surface area contributed by atoms with E-state index >= 15 is 0 Å². The maximum atomic E-state index is 10.9. The molecule has 0 saturated carbocycles. The molecule has 0 spiro atoms. The van der Waals surface area contributed by atoms with Gasteiger partial charge in [0.25, 0.3) is 0 Å². The lowest BCUT2D eigenvalue weighted by molar-refractivity contribution is -0.140. The molecule has 0 aliphatic rings. The van der Waals surface area contributed by atoms with Crippen LogP contribution < -0.4 is 0 Å². The molecule has 0 aromatic rings. The zero-order valence-corrected chi connectivity index (χ0v) is 12.1. The zero-order chi connectivity index (χ0) is 13.8. The molecule has 2 nitrogen and oxygen atoms in total. The van der Waals surface area contributed by atoms with Gasteiger partial charge in [0, 0.05) is 18.4 Å². The quantitative estimate of drug-likeness (QED) is 0.307. The minimum atomic E-state index is -0.164. The molecule has 18 heavy (non-hydrogen) atoms. The molecule has 2 heteroatoms. The minimum absolute atomic E-state index is 0.164. The van der Waals surface area contributed by atoms with Gasteiger partial charge in [-0.3, -0.25) is 4.79 Å². The number of allylic oxidation sites excluding steroid dienone is 1. The fourth-order valence-electron chi connectivity index (χ4n) is 1.40. The molecule has 0 aromatic heterocycles. The topological polar surface area (TPSA) is 26.3 Å². The Hall–Kier alpha value is -1.45. The van der Waals surface area contributed by atoms with Gasteiger partial charge in [-0.25, -0.2) is 0 Å². The molecule has 0 fully saturated rings. The van der Waals surface area contributed by atoms with Crippen LogP contribution in [0.15, 0.2) is 16.9 Å². The average molecular weight is 248 g/mol. The van der Waals surface area contributed by atoms with Gasteiger partial charge in [0.2, 0.25) is 0 Å². The van der Waals surface area contributed by atoms with Gasteiger partial charge in [0.15, 0.2) is 0 Å². The van der Waals surface area contributed by atoms with Gasteiger partial charge in [-0.2, -0.15) is 0 Å². The van der Waals surface area contributed by atoms with Crippen molar-refractivity contribution in [1.82, 2.24) is 0 Å². The van der Waals surface area contributed by atoms with Gasteiger partial charge in [-0.15, -0.1) is 5.73 Å². The monoisotopic (exact) mass is 248 g/mol. The molecule has 0 aromatic carbocycles. The first-order chi connectivity index (χ1) is 8.60. The van der Waals surface area contributed by atoms with Crippen LogP contribution in [-0.4, -0.2) is 13.1 Å². The van der Waals surface area contributed by atoms with Gasteiger partial charge < -0.3 is 4.74 Å². The van der Waals surface area contributed by atoms with Crippen molar-refractivity contribution in [2.24, 2.45) is 0 Å². The number of ether oxygens (including phenoxy) is 1. The smallest absolute Gasteiger partial charge is 0.305 e. The number of unbranched alkanes of at least 4 members (excludes halogenated alkanes) is 2. The number of carbonyl (C=O) groups excluding carboxylic acids is 1. The summed E-state index contributed by atoms with van der Waals surface area (Å²) in [5, 5.41) is 0. The molecule has 0 saturated heterocycles. The number of methoxy groups -OCH3 is 1. The third-order valence-corrected chi connectivity index (χ3v) is 2.33.